The quantitative estimate of drug-likeness (QED) is 0.821. The Morgan fingerprint density at radius 1 is 1.21 bits per heavy atom. The monoisotopic (exact) mass is 323 g/mol. The third kappa shape index (κ3) is 4.58. The first-order chi connectivity index (χ1) is 11.7. The predicted octanol–water partition coefficient (Wildman–Crippen LogP) is 2.55. The molecule has 2 aromatic carbocycles. The van der Waals surface area contributed by atoms with Crippen molar-refractivity contribution in [2.45, 2.75) is 12.5 Å². The topological polar surface area (TPSA) is 76.4 Å². The molecule has 0 heterocycles. The minimum atomic E-state index is -0.161. The number of amides is 1. The van der Waals surface area contributed by atoms with Crippen LogP contribution < -0.4 is 5.32 Å². The number of hydrogen-bond acceptors (Lipinski definition) is 4. The molecule has 1 unspecified atom stereocenters. The highest BCUT2D eigenvalue weighted by Gasteiger charge is 2.20. The minimum Gasteiger partial charge on any atom is -0.396 e. The lowest BCUT2D eigenvalue weighted by Gasteiger charge is -2.28. The maximum atomic E-state index is 12.5. The molecule has 1 amide bonds. The molecule has 0 aliphatic heterocycles. The molecule has 0 saturated carbocycles. The Hall–Kier alpha value is -2.84. The molecule has 0 aliphatic carbocycles. The van der Waals surface area contributed by atoms with E-state index in [1.807, 2.05) is 30.3 Å². The molecular weight excluding hydrogens is 302 g/mol. The fraction of sp³-hybridized carbons (Fsp3) is 0.263. The molecule has 2 rings (SSSR count). The van der Waals surface area contributed by atoms with E-state index < -0.39 is 0 Å². The Balaban J connectivity index is 1.99. The fourth-order valence-electron chi connectivity index (χ4n) is 2.52. The Morgan fingerprint density at radius 2 is 1.88 bits per heavy atom. The number of nitriles is 1. The van der Waals surface area contributed by atoms with Gasteiger partial charge in [-0.15, -0.1) is 0 Å². The molecule has 124 valence electrons. The number of nitrogens with one attached hydrogen (secondary N) is 1. The van der Waals surface area contributed by atoms with Gasteiger partial charge in [0.15, 0.2) is 0 Å². The van der Waals surface area contributed by atoms with Crippen molar-refractivity contribution in [1.29, 1.82) is 5.26 Å². The van der Waals surface area contributed by atoms with Crippen LogP contribution in [0.5, 0.6) is 0 Å². The van der Waals surface area contributed by atoms with Crippen molar-refractivity contribution < 1.29 is 9.90 Å². The van der Waals surface area contributed by atoms with Crippen LogP contribution >= 0.6 is 0 Å². The summed E-state index contributed by atoms with van der Waals surface area (Å²) in [4.78, 5) is 14.1. The lowest BCUT2D eigenvalue weighted by molar-refractivity contribution is -0.130. The van der Waals surface area contributed by atoms with Gasteiger partial charge in [-0.25, -0.2) is 0 Å². The van der Waals surface area contributed by atoms with Crippen molar-refractivity contribution in [2.24, 2.45) is 0 Å². The molecule has 0 spiro atoms. The van der Waals surface area contributed by atoms with E-state index in [0.29, 0.717) is 12.0 Å². The van der Waals surface area contributed by atoms with Crippen LogP contribution in [0.15, 0.2) is 54.6 Å². The van der Waals surface area contributed by atoms with Crippen LogP contribution in [0.3, 0.4) is 0 Å². The number of hydrogen-bond donors (Lipinski definition) is 2. The van der Waals surface area contributed by atoms with E-state index in [1.54, 1.807) is 36.2 Å². The van der Waals surface area contributed by atoms with Crippen LogP contribution in [-0.4, -0.2) is 36.1 Å². The van der Waals surface area contributed by atoms with Gasteiger partial charge >= 0.3 is 0 Å². The van der Waals surface area contributed by atoms with E-state index in [4.69, 9.17) is 5.26 Å². The molecule has 2 aromatic rings. The summed E-state index contributed by atoms with van der Waals surface area (Å²) in [6.45, 7) is 0.164. The first-order valence-corrected chi connectivity index (χ1v) is 7.81. The second kappa shape index (κ2) is 8.70. The predicted molar refractivity (Wildman–Crippen MR) is 93.3 cm³/mol. The molecule has 2 N–H and O–H groups in total. The zero-order valence-electron chi connectivity index (χ0n) is 13.6. The van der Waals surface area contributed by atoms with Crippen LogP contribution in [0.2, 0.25) is 0 Å². The second-order valence-electron chi connectivity index (χ2n) is 5.49. The smallest absolute Gasteiger partial charge is 0.242 e. The highest BCUT2D eigenvalue weighted by molar-refractivity contribution is 5.81. The highest BCUT2D eigenvalue weighted by Crippen LogP contribution is 2.22. The van der Waals surface area contributed by atoms with E-state index in [-0.39, 0.29) is 25.1 Å². The molecule has 0 bridgehead atoms. The van der Waals surface area contributed by atoms with Gasteiger partial charge in [0, 0.05) is 19.3 Å². The van der Waals surface area contributed by atoms with Gasteiger partial charge in [-0.2, -0.15) is 5.26 Å². The summed E-state index contributed by atoms with van der Waals surface area (Å²) in [5.74, 6) is -0.0679. The minimum absolute atomic E-state index is 0.0141. The molecular formula is C19H21N3O2. The van der Waals surface area contributed by atoms with Crippen molar-refractivity contribution in [2.75, 3.05) is 25.5 Å². The Bertz CT molecular complexity index is 693. The van der Waals surface area contributed by atoms with Gasteiger partial charge in [0.25, 0.3) is 0 Å². The number of nitrogens with zero attached hydrogens (tertiary/aromatic N) is 2. The van der Waals surface area contributed by atoms with Crippen molar-refractivity contribution in [1.82, 2.24) is 4.90 Å². The van der Waals surface area contributed by atoms with Crippen molar-refractivity contribution in [3.63, 3.8) is 0 Å². The summed E-state index contributed by atoms with van der Waals surface area (Å²) in [7, 11) is 1.75. The zero-order chi connectivity index (χ0) is 17.4. The first-order valence-electron chi connectivity index (χ1n) is 7.81. The summed E-state index contributed by atoms with van der Waals surface area (Å²) >= 11 is 0. The number of aliphatic hydroxyl groups is 1. The molecule has 0 aliphatic rings. The number of anilines is 1. The van der Waals surface area contributed by atoms with Crippen molar-refractivity contribution in [3.8, 4) is 6.07 Å². The molecule has 1 atom stereocenters. The van der Waals surface area contributed by atoms with E-state index >= 15 is 0 Å². The summed E-state index contributed by atoms with van der Waals surface area (Å²) in [5, 5.41) is 21.2. The number of aliphatic hydroxyl groups excluding tert-OH is 1. The Labute approximate surface area is 142 Å². The summed E-state index contributed by atoms with van der Waals surface area (Å²) in [5.41, 5.74) is 2.37. The average Bonchev–Trinajstić information content (AvgIpc) is 2.64. The number of likely N-dealkylation sites (N-methyl/N-ethyl adjacent to an activating group) is 1. The summed E-state index contributed by atoms with van der Waals surface area (Å²) < 4.78 is 0. The van der Waals surface area contributed by atoms with Crippen molar-refractivity contribution in [3.05, 3.63) is 65.7 Å². The average molecular weight is 323 g/mol. The van der Waals surface area contributed by atoms with Gasteiger partial charge in [-0.05, 0) is 36.2 Å². The van der Waals surface area contributed by atoms with E-state index in [0.717, 1.165) is 11.3 Å². The first kappa shape index (κ1) is 17.5. The zero-order valence-corrected chi connectivity index (χ0v) is 13.6. The Morgan fingerprint density at radius 3 is 2.46 bits per heavy atom. The molecule has 0 aromatic heterocycles. The van der Waals surface area contributed by atoms with Crippen LogP contribution in [0, 0.1) is 11.3 Å². The highest BCUT2D eigenvalue weighted by atomic mass is 16.3. The SMILES string of the molecule is CN(C(=O)CNc1ccc(C#N)cc1)C(CCO)c1ccccc1. The lowest BCUT2D eigenvalue weighted by atomic mass is 10.0. The van der Waals surface area contributed by atoms with Gasteiger partial charge in [0.2, 0.25) is 5.91 Å². The van der Waals surface area contributed by atoms with Crippen molar-refractivity contribution >= 4 is 11.6 Å². The second-order valence-corrected chi connectivity index (χ2v) is 5.49. The van der Waals surface area contributed by atoms with Gasteiger partial charge in [-0.1, -0.05) is 30.3 Å². The standard InChI is InChI=1S/C19H21N3O2/c1-22(18(11-12-23)16-5-3-2-4-6-16)19(24)14-21-17-9-7-15(13-20)8-10-17/h2-10,18,21,23H,11-12,14H2,1H3. The number of carbonyl (C=O) groups excluding carboxylic acids is 1. The normalized spacial score (nSPS) is 11.4. The molecule has 24 heavy (non-hydrogen) atoms. The van der Waals surface area contributed by atoms with E-state index in [1.165, 1.54) is 0 Å². The van der Waals surface area contributed by atoms with Gasteiger partial charge in [0.1, 0.15) is 0 Å². The third-order valence-electron chi connectivity index (χ3n) is 3.91. The fourth-order valence-corrected chi connectivity index (χ4v) is 2.52. The molecule has 0 fully saturated rings. The van der Waals surface area contributed by atoms with Crippen LogP contribution in [0.25, 0.3) is 0 Å². The van der Waals surface area contributed by atoms with Gasteiger partial charge < -0.3 is 15.3 Å². The van der Waals surface area contributed by atoms with Crippen LogP contribution in [-0.2, 0) is 4.79 Å². The third-order valence-corrected chi connectivity index (χ3v) is 3.91. The molecule has 0 radical (unpaired) electrons. The van der Waals surface area contributed by atoms with Gasteiger partial charge in [-0.3, -0.25) is 4.79 Å². The van der Waals surface area contributed by atoms with Crippen LogP contribution in [0.4, 0.5) is 5.69 Å². The molecule has 5 nitrogen and oxygen atoms in total. The Kier molecular flexibility index (Phi) is 6.35. The van der Waals surface area contributed by atoms with Crippen LogP contribution in [0.1, 0.15) is 23.6 Å². The number of carbonyl (C=O) groups is 1. The van der Waals surface area contributed by atoms with E-state index in [9.17, 15) is 9.90 Å². The number of rotatable bonds is 7. The molecule has 5 heteroatoms. The number of benzene rings is 2. The largest absolute Gasteiger partial charge is 0.396 e. The van der Waals surface area contributed by atoms with E-state index in [2.05, 4.69) is 11.4 Å². The maximum Gasteiger partial charge on any atom is 0.242 e. The summed E-state index contributed by atoms with van der Waals surface area (Å²) in [6.07, 6.45) is 0.489. The van der Waals surface area contributed by atoms with Gasteiger partial charge in [0.05, 0.1) is 24.2 Å². The lowest BCUT2D eigenvalue weighted by Crippen LogP contribution is -2.36. The molecule has 0 saturated heterocycles. The summed E-state index contributed by atoms with van der Waals surface area (Å²) in [6, 6.07) is 18.5. The maximum absolute atomic E-state index is 12.5.